The van der Waals surface area contributed by atoms with Gasteiger partial charge in [-0.25, -0.2) is 13.4 Å². The van der Waals surface area contributed by atoms with E-state index < -0.39 is 10.0 Å². The summed E-state index contributed by atoms with van der Waals surface area (Å²) in [5.41, 5.74) is 3.76. The molecule has 0 atom stereocenters. The highest BCUT2D eigenvalue weighted by Gasteiger charge is 2.24. The van der Waals surface area contributed by atoms with Gasteiger partial charge in [-0.1, -0.05) is 17.4 Å². The van der Waals surface area contributed by atoms with Crippen LogP contribution in [0.1, 0.15) is 27.2 Å². The standard InChI is InChI=1S/C28H25N3O5S2/c1-18-15-19(2)26-25(16-18)29-28(37-26)31(17-23-5-4-14-36-23)27(32)20-6-8-21(9-7-20)30-38(33,34)24-12-10-22(35-3)11-13-24/h4-16,30H,17H2,1-3H3. The Labute approximate surface area is 224 Å². The van der Waals surface area contributed by atoms with Crippen LogP contribution >= 0.6 is 11.3 Å². The molecule has 0 aliphatic heterocycles. The summed E-state index contributed by atoms with van der Waals surface area (Å²) in [6.45, 7) is 4.25. The van der Waals surface area contributed by atoms with Crippen LogP contribution < -0.4 is 14.4 Å². The van der Waals surface area contributed by atoms with Crippen LogP contribution in [-0.2, 0) is 16.6 Å². The second-order valence-electron chi connectivity index (χ2n) is 8.76. The number of methoxy groups -OCH3 is 1. The molecule has 194 valence electrons. The summed E-state index contributed by atoms with van der Waals surface area (Å²) in [4.78, 5) is 20.1. The molecular weight excluding hydrogens is 522 g/mol. The van der Waals surface area contributed by atoms with Gasteiger partial charge in [0, 0.05) is 11.3 Å². The summed E-state index contributed by atoms with van der Waals surface area (Å²) in [5, 5.41) is 0.555. The van der Waals surface area contributed by atoms with Gasteiger partial charge in [0.25, 0.3) is 15.9 Å². The number of aryl methyl sites for hydroxylation is 2. The number of rotatable bonds is 8. The third-order valence-electron chi connectivity index (χ3n) is 5.93. The quantitative estimate of drug-likeness (QED) is 0.250. The third-order valence-corrected chi connectivity index (χ3v) is 8.56. The van der Waals surface area contributed by atoms with Crippen LogP contribution in [0, 0.1) is 13.8 Å². The second-order valence-corrected chi connectivity index (χ2v) is 11.4. The number of benzene rings is 3. The number of nitrogens with one attached hydrogen (secondary N) is 1. The molecule has 1 N–H and O–H groups in total. The number of aromatic nitrogens is 1. The van der Waals surface area contributed by atoms with Crippen LogP contribution in [0.3, 0.4) is 0 Å². The lowest BCUT2D eigenvalue weighted by Gasteiger charge is -2.19. The smallest absolute Gasteiger partial charge is 0.261 e. The Morgan fingerprint density at radius 2 is 1.79 bits per heavy atom. The third kappa shape index (κ3) is 5.27. The van der Waals surface area contributed by atoms with Gasteiger partial charge in [0.2, 0.25) is 0 Å². The number of amides is 1. The fourth-order valence-corrected chi connectivity index (χ4v) is 6.14. The first kappa shape index (κ1) is 25.5. The molecule has 0 aliphatic carbocycles. The molecule has 3 aromatic carbocycles. The molecule has 8 nitrogen and oxygen atoms in total. The maximum Gasteiger partial charge on any atom is 0.261 e. The maximum atomic E-state index is 13.7. The number of nitrogens with zero attached hydrogens (tertiary/aromatic N) is 2. The summed E-state index contributed by atoms with van der Waals surface area (Å²) in [7, 11) is -2.30. The van der Waals surface area contributed by atoms with Crippen molar-refractivity contribution >= 4 is 48.3 Å². The van der Waals surface area contributed by atoms with Crippen molar-refractivity contribution in [3.8, 4) is 5.75 Å². The molecule has 2 heterocycles. The Kier molecular flexibility index (Phi) is 6.92. The molecule has 5 aromatic rings. The van der Waals surface area contributed by atoms with Crippen LogP contribution in [-0.4, -0.2) is 26.4 Å². The van der Waals surface area contributed by atoms with E-state index in [2.05, 4.69) is 10.8 Å². The van der Waals surface area contributed by atoms with Crippen molar-refractivity contribution in [3.63, 3.8) is 0 Å². The van der Waals surface area contributed by atoms with Gasteiger partial charge in [0.15, 0.2) is 5.13 Å². The highest BCUT2D eigenvalue weighted by molar-refractivity contribution is 7.92. The SMILES string of the molecule is COc1ccc(S(=O)(=O)Nc2ccc(C(=O)N(Cc3ccco3)c3nc4cc(C)cc(C)c4s3)cc2)cc1. The molecular formula is C28H25N3O5S2. The van der Waals surface area contributed by atoms with Crippen molar-refractivity contribution in [2.24, 2.45) is 0 Å². The number of sulfonamides is 1. The minimum absolute atomic E-state index is 0.101. The van der Waals surface area contributed by atoms with Crippen molar-refractivity contribution in [2.75, 3.05) is 16.7 Å². The van der Waals surface area contributed by atoms with Crippen molar-refractivity contribution in [3.05, 3.63) is 102 Å². The molecule has 0 radical (unpaired) electrons. The zero-order valence-corrected chi connectivity index (χ0v) is 22.6. The predicted molar refractivity (Wildman–Crippen MR) is 149 cm³/mol. The van der Waals surface area contributed by atoms with E-state index in [-0.39, 0.29) is 17.3 Å². The number of hydrogen-bond donors (Lipinski definition) is 1. The van der Waals surface area contributed by atoms with Gasteiger partial charge >= 0.3 is 0 Å². The fraction of sp³-hybridized carbons (Fsp3) is 0.143. The number of hydrogen-bond acceptors (Lipinski definition) is 7. The average molecular weight is 548 g/mol. The first-order chi connectivity index (χ1) is 18.2. The summed E-state index contributed by atoms with van der Waals surface area (Å²) in [6, 6.07) is 20.1. The summed E-state index contributed by atoms with van der Waals surface area (Å²) < 4.78 is 39.7. The number of carbonyl (C=O) groups is 1. The van der Waals surface area contributed by atoms with Crippen LogP contribution in [0.2, 0.25) is 0 Å². The molecule has 0 bridgehead atoms. The molecule has 38 heavy (non-hydrogen) atoms. The molecule has 0 saturated heterocycles. The van der Waals surface area contributed by atoms with E-state index in [0.29, 0.717) is 27.9 Å². The number of fused-ring (bicyclic) bond motifs is 1. The Morgan fingerprint density at radius 3 is 2.45 bits per heavy atom. The van der Waals surface area contributed by atoms with E-state index in [1.54, 1.807) is 59.7 Å². The van der Waals surface area contributed by atoms with E-state index in [1.807, 2.05) is 19.9 Å². The molecule has 2 aromatic heterocycles. The number of carbonyl (C=O) groups excluding carboxylic acids is 1. The number of thiazole rings is 1. The normalized spacial score (nSPS) is 11.4. The zero-order valence-electron chi connectivity index (χ0n) is 21.0. The lowest BCUT2D eigenvalue weighted by molar-refractivity contribution is 0.0983. The average Bonchev–Trinajstić information content (AvgIpc) is 3.57. The number of anilines is 2. The molecule has 0 spiro atoms. The Bertz CT molecular complexity index is 1690. The lowest BCUT2D eigenvalue weighted by Crippen LogP contribution is -2.30. The van der Waals surface area contributed by atoms with Gasteiger partial charge in [-0.05, 0) is 91.7 Å². The van der Waals surface area contributed by atoms with Crippen LogP contribution in [0.4, 0.5) is 10.8 Å². The summed E-state index contributed by atoms with van der Waals surface area (Å²) in [6.07, 6.45) is 1.56. The van der Waals surface area contributed by atoms with Crippen LogP contribution in [0.25, 0.3) is 10.2 Å². The first-order valence-electron chi connectivity index (χ1n) is 11.7. The van der Waals surface area contributed by atoms with Crippen molar-refractivity contribution < 1.29 is 22.4 Å². The topological polar surface area (TPSA) is 102 Å². The largest absolute Gasteiger partial charge is 0.497 e. The van der Waals surface area contributed by atoms with E-state index in [9.17, 15) is 13.2 Å². The van der Waals surface area contributed by atoms with Crippen molar-refractivity contribution in [1.29, 1.82) is 0 Å². The van der Waals surface area contributed by atoms with Gasteiger partial charge in [-0.2, -0.15) is 0 Å². The Hall–Kier alpha value is -4.15. The summed E-state index contributed by atoms with van der Waals surface area (Å²) >= 11 is 1.45. The van der Waals surface area contributed by atoms with Crippen LogP contribution in [0.5, 0.6) is 5.75 Å². The minimum atomic E-state index is -3.81. The first-order valence-corrected chi connectivity index (χ1v) is 14.0. The second kappa shape index (κ2) is 10.3. The fourth-order valence-electron chi connectivity index (χ4n) is 4.07. The lowest BCUT2D eigenvalue weighted by atomic mass is 10.1. The van der Waals surface area contributed by atoms with Gasteiger partial charge in [-0.15, -0.1) is 0 Å². The highest BCUT2D eigenvalue weighted by atomic mass is 32.2. The molecule has 0 fully saturated rings. The molecule has 5 rings (SSSR count). The summed E-state index contributed by atoms with van der Waals surface area (Å²) in [5.74, 6) is 0.901. The van der Waals surface area contributed by atoms with Crippen LogP contribution in [0.15, 0.2) is 88.4 Å². The van der Waals surface area contributed by atoms with Crippen molar-refractivity contribution in [1.82, 2.24) is 4.98 Å². The van der Waals surface area contributed by atoms with E-state index in [0.717, 1.165) is 21.3 Å². The van der Waals surface area contributed by atoms with Gasteiger partial charge in [0.05, 0.1) is 35.0 Å². The molecule has 0 saturated carbocycles. The maximum absolute atomic E-state index is 13.7. The van der Waals surface area contributed by atoms with Crippen molar-refractivity contribution in [2.45, 2.75) is 25.3 Å². The zero-order chi connectivity index (χ0) is 26.9. The number of furan rings is 1. The van der Waals surface area contributed by atoms with E-state index in [4.69, 9.17) is 14.1 Å². The molecule has 0 unspecified atom stereocenters. The van der Waals surface area contributed by atoms with Gasteiger partial charge < -0.3 is 9.15 Å². The minimum Gasteiger partial charge on any atom is -0.497 e. The van der Waals surface area contributed by atoms with E-state index >= 15 is 0 Å². The Balaban J connectivity index is 1.42. The molecule has 10 heteroatoms. The predicted octanol–water partition coefficient (Wildman–Crippen LogP) is 6.16. The Morgan fingerprint density at radius 1 is 1.05 bits per heavy atom. The monoisotopic (exact) mass is 547 g/mol. The number of ether oxygens (including phenoxy) is 1. The molecule has 1 amide bonds. The van der Waals surface area contributed by atoms with Gasteiger partial charge in [-0.3, -0.25) is 14.4 Å². The van der Waals surface area contributed by atoms with Gasteiger partial charge in [0.1, 0.15) is 11.5 Å². The highest BCUT2D eigenvalue weighted by Crippen LogP contribution is 2.34. The van der Waals surface area contributed by atoms with E-state index in [1.165, 1.54) is 30.6 Å². The molecule has 0 aliphatic rings.